The molecular weight excluding hydrogens is 242 g/mol. The number of hydrogen-bond acceptors (Lipinski definition) is 4. The van der Waals surface area contributed by atoms with Crippen molar-refractivity contribution < 1.29 is 14.3 Å². The molecule has 1 aromatic carbocycles. The van der Waals surface area contributed by atoms with Crippen LogP contribution in [0.2, 0.25) is 0 Å². The normalized spacial score (nSPS) is 9.21. The van der Waals surface area contributed by atoms with Crippen molar-refractivity contribution in [2.45, 2.75) is 39.5 Å². The molecule has 0 heterocycles. The number of Topliss-reactive ketones (excluding diaryl/α,β-unsaturated/α-hetero) is 1. The summed E-state index contributed by atoms with van der Waals surface area (Å²) in [6.07, 6.45) is 4.24. The van der Waals surface area contributed by atoms with Gasteiger partial charge in [0.1, 0.15) is 5.78 Å². The van der Waals surface area contributed by atoms with E-state index in [4.69, 9.17) is 5.73 Å². The SMILES string of the molecule is CCCCCC(C)=O.COC(=O)c1ccccc1N. The summed E-state index contributed by atoms with van der Waals surface area (Å²) in [5.41, 5.74) is 6.35. The molecule has 19 heavy (non-hydrogen) atoms. The lowest BCUT2D eigenvalue weighted by Crippen LogP contribution is -2.04. The topological polar surface area (TPSA) is 69.4 Å². The molecule has 1 rings (SSSR count). The van der Waals surface area contributed by atoms with Crippen LogP contribution in [0.15, 0.2) is 24.3 Å². The second-order valence-electron chi connectivity index (χ2n) is 4.24. The lowest BCUT2D eigenvalue weighted by molar-refractivity contribution is -0.117. The number of unbranched alkanes of at least 4 members (excludes halogenated alkanes) is 2. The molecule has 4 nitrogen and oxygen atoms in total. The fourth-order valence-corrected chi connectivity index (χ4v) is 1.42. The number of esters is 1. The van der Waals surface area contributed by atoms with Gasteiger partial charge in [-0.3, -0.25) is 0 Å². The van der Waals surface area contributed by atoms with E-state index in [0.29, 0.717) is 17.0 Å². The number of nitrogen functional groups attached to an aromatic ring is 1. The van der Waals surface area contributed by atoms with E-state index < -0.39 is 5.97 Å². The highest BCUT2D eigenvalue weighted by Gasteiger charge is 2.06. The zero-order valence-corrected chi connectivity index (χ0v) is 11.9. The number of methoxy groups -OCH3 is 1. The zero-order valence-electron chi connectivity index (χ0n) is 11.9. The molecule has 0 radical (unpaired) electrons. The number of rotatable bonds is 5. The van der Waals surface area contributed by atoms with Gasteiger partial charge in [-0.1, -0.05) is 31.9 Å². The van der Waals surface area contributed by atoms with E-state index in [1.165, 1.54) is 20.0 Å². The van der Waals surface area contributed by atoms with Crippen LogP contribution in [0.25, 0.3) is 0 Å². The molecule has 0 saturated heterocycles. The van der Waals surface area contributed by atoms with Gasteiger partial charge in [-0.25, -0.2) is 4.79 Å². The van der Waals surface area contributed by atoms with E-state index in [9.17, 15) is 9.59 Å². The van der Waals surface area contributed by atoms with Gasteiger partial charge in [-0.05, 0) is 25.5 Å². The number of ketones is 1. The van der Waals surface area contributed by atoms with Crippen molar-refractivity contribution >= 4 is 17.4 Å². The number of ether oxygens (including phenoxy) is 1. The van der Waals surface area contributed by atoms with Crippen LogP contribution in [0.1, 0.15) is 49.9 Å². The zero-order chi connectivity index (χ0) is 14.7. The van der Waals surface area contributed by atoms with Crippen LogP contribution in [0, 0.1) is 0 Å². The van der Waals surface area contributed by atoms with Crippen LogP contribution >= 0.6 is 0 Å². The quantitative estimate of drug-likeness (QED) is 0.504. The number of nitrogens with two attached hydrogens (primary N) is 1. The highest BCUT2D eigenvalue weighted by atomic mass is 16.5. The molecule has 0 aromatic heterocycles. The van der Waals surface area contributed by atoms with E-state index in [0.717, 1.165) is 12.8 Å². The van der Waals surface area contributed by atoms with Crippen LogP contribution in [0.4, 0.5) is 5.69 Å². The molecule has 2 N–H and O–H groups in total. The minimum absolute atomic E-state index is 0.318. The Balaban J connectivity index is 0.000000362. The number of benzene rings is 1. The Morgan fingerprint density at radius 2 is 1.84 bits per heavy atom. The van der Waals surface area contributed by atoms with Crippen molar-refractivity contribution in [3.05, 3.63) is 29.8 Å². The van der Waals surface area contributed by atoms with Crippen molar-refractivity contribution in [1.29, 1.82) is 0 Å². The monoisotopic (exact) mass is 265 g/mol. The first-order chi connectivity index (χ1) is 9.02. The standard InChI is InChI=1S/C8H9NO2.C7H14O/c1-11-8(10)6-4-2-3-5-7(6)9;1-3-4-5-6-7(2)8/h2-5H,9H2,1H3;3-6H2,1-2H3. The van der Waals surface area contributed by atoms with Gasteiger partial charge in [0, 0.05) is 12.1 Å². The van der Waals surface area contributed by atoms with Crippen LogP contribution in [0.3, 0.4) is 0 Å². The third-order valence-corrected chi connectivity index (χ3v) is 2.50. The molecule has 0 aliphatic carbocycles. The van der Waals surface area contributed by atoms with Gasteiger partial charge in [0.15, 0.2) is 0 Å². The van der Waals surface area contributed by atoms with Gasteiger partial charge < -0.3 is 15.3 Å². The summed E-state index contributed by atoms with van der Waals surface area (Å²) in [6.45, 7) is 3.79. The molecule has 0 spiro atoms. The van der Waals surface area contributed by atoms with E-state index in [-0.39, 0.29) is 0 Å². The van der Waals surface area contributed by atoms with E-state index in [1.807, 2.05) is 0 Å². The Labute approximate surface area is 114 Å². The number of carbonyl (C=O) groups is 2. The lowest BCUT2D eigenvalue weighted by atomic mass is 10.2. The second-order valence-corrected chi connectivity index (χ2v) is 4.24. The lowest BCUT2D eigenvalue weighted by Gasteiger charge is -2.00. The summed E-state index contributed by atoms with van der Waals surface area (Å²) in [7, 11) is 1.33. The van der Waals surface area contributed by atoms with Gasteiger partial charge in [-0.15, -0.1) is 0 Å². The fraction of sp³-hybridized carbons (Fsp3) is 0.467. The Bertz CT molecular complexity index is 402. The van der Waals surface area contributed by atoms with Crippen molar-refractivity contribution in [3.63, 3.8) is 0 Å². The molecule has 0 saturated carbocycles. The first-order valence-electron chi connectivity index (χ1n) is 6.45. The molecule has 0 atom stereocenters. The number of anilines is 1. The summed E-state index contributed by atoms with van der Waals surface area (Å²) in [4.78, 5) is 21.3. The fourth-order valence-electron chi connectivity index (χ4n) is 1.42. The first-order valence-corrected chi connectivity index (χ1v) is 6.45. The summed E-state index contributed by atoms with van der Waals surface area (Å²) >= 11 is 0. The van der Waals surface area contributed by atoms with Crippen molar-refractivity contribution in [2.75, 3.05) is 12.8 Å². The van der Waals surface area contributed by atoms with Crippen LogP contribution < -0.4 is 5.73 Å². The summed E-state index contributed by atoms with van der Waals surface area (Å²) in [5.74, 6) is -0.0819. The van der Waals surface area contributed by atoms with Crippen molar-refractivity contribution in [1.82, 2.24) is 0 Å². The highest BCUT2D eigenvalue weighted by Crippen LogP contribution is 2.10. The summed E-state index contributed by atoms with van der Waals surface area (Å²) in [6, 6.07) is 6.79. The number of para-hydroxylation sites is 1. The van der Waals surface area contributed by atoms with Crippen LogP contribution in [-0.2, 0) is 9.53 Å². The average Bonchev–Trinajstić information content (AvgIpc) is 2.39. The predicted octanol–water partition coefficient (Wildman–Crippen LogP) is 3.21. The first kappa shape index (κ1) is 17.2. The van der Waals surface area contributed by atoms with Gasteiger partial charge >= 0.3 is 5.97 Å². The smallest absolute Gasteiger partial charge is 0.339 e. The molecular formula is C15H23NO3. The maximum absolute atomic E-state index is 10.9. The molecule has 0 aliphatic rings. The molecule has 4 heteroatoms. The molecule has 0 fully saturated rings. The summed E-state index contributed by atoms with van der Waals surface area (Å²) in [5, 5.41) is 0. The molecule has 0 aliphatic heterocycles. The van der Waals surface area contributed by atoms with Crippen molar-refractivity contribution in [2.24, 2.45) is 0 Å². The maximum Gasteiger partial charge on any atom is 0.339 e. The number of carbonyl (C=O) groups excluding carboxylic acids is 2. The Hall–Kier alpha value is -1.84. The van der Waals surface area contributed by atoms with E-state index in [1.54, 1.807) is 31.2 Å². The minimum Gasteiger partial charge on any atom is -0.465 e. The Kier molecular flexibility index (Phi) is 9.14. The molecule has 0 amide bonds. The maximum atomic E-state index is 10.9. The largest absolute Gasteiger partial charge is 0.465 e. The van der Waals surface area contributed by atoms with Gasteiger partial charge in [0.2, 0.25) is 0 Å². The average molecular weight is 265 g/mol. The third kappa shape index (κ3) is 7.97. The van der Waals surface area contributed by atoms with E-state index in [2.05, 4.69) is 11.7 Å². The predicted molar refractivity (Wildman–Crippen MR) is 77.0 cm³/mol. The molecule has 106 valence electrons. The Morgan fingerprint density at radius 3 is 2.32 bits per heavy atom. The molecule has 0 bridgehead atoms. The molecule has 1 aromatic rings. The minimum atomic E-state index is -0.400. The highest BCUT2D eigenvalue weighted by molar-refractivity contribution is 5.94. The third-order valence-electron chi connectivity index (χ3n) is 2.50. The second kappa shape index (κ2) is 10.1. The van der Waals surface area contributed by atoms with Crippen LogP contribution in [-0.4, -0.2) is 18.9 Å². The van der Waals surface area contributed by atoms with Crippen LogP contribution in [0.5, 0.6) is 0 Å². The van der Waals surface area contributed by atoms with Crippen molar-refractivity contribution in [3.8, 4) is 0 Å². The van der Waals surface area contributed by atoms with Gasteiger partial charge in [-0.2, -0.15) is 0 Å². The van der Waals surface area contributed by atoms with Gasteiger partial charge in [0.05, 0.1) is 12.7 Å². The number of hydrogen-bond donors (Lipinski definition) is 1. The summed E-state index contributed by atoms with van der Waals surface area (Å²) < 4.78 is 4.50. The van der Waals surface area contributed by atoms with E-state index >= 15 is 0 Å². The molecule has 0 unspecified atom stereocenters. The van der Waals surface area contributed by atoms with Gasteiger partial charge in [0.25, 0.3) is 0 Å². The Morgan fingerprint density at radius 1 is 1.21 bits per heavy atom.